The van der Waals surface area contributed by atoms with Gasteiger partial charge in [0.15, 0.2) is 0 Å². The highest BCUT2D eigenvalue weighted by atomic mass is 16.6. The summed E-state index contributed by atoms with van der Waals surface area (Å²) in [7, 11) is 8.31. The Balaban J connectivity index is 1.61. The molecule has 0 aliphatic carbocycles. The summed E-state index contributed by atoms with van der Waals surface area (Å²) < 4.78 is 54.9. The van der Waals surface area contributed by atoms with Gasteiger partial charge in [-0.3, -0.25) is 0 Å². The Morgan fingerprint density at radius 3 is 2.20 bits per heavy atom. The smallest absolute Gasteiger partial charge is 0.331 e. The first-order chi connectivity index (χ1) is 25.8. The van der Waals surface area contributed by atoms with Crippen molar-refractivity contribution in [2.45, 2.75) is 165 Å². The molecule has 0 radical (unpaired) electrons. The molecular formula is C42H70O12. The molecule has 0 aromatic rings. The van der Waals surface area contributed by atoms with Crippen LogP contribution in [0.4, 0.5) is 0 Å². The van der Waals surface area contributed by atoms with Crippen molar-refractivity contribution < 1.29 is 57.6 Å². The highest BCUT2D eigenvalue weighted by molar-refractivity contribution is 5.82. The van der Waals surface area contributed by atoms with E-state index >= 15 is 0 Å². The van der Waals surface area contributed by atoms with Crippen LogP contribution in [-0.2, 0) is 47.4 Å². The lowest BCUT2D eigenvalue weighted by Gasteiger charge is -2.39. The van der Waals surface area contributed by atoms with Crippen LogP contribution in [0.3, 0.4) is 0 Å². The average Bonchev–Trinajstić information content (AvgIpc) is 3.97. The number of epoxide rings is 1. The number of esters is 1. The predicted molar refractivity (Wildman–Crippen MR) is 204 cm³/mol. The van der Waals surface area contributed by atoms with E-state index in [-0.39, 0.29) is 48.5 Å². The monoisotopic (exact) mass is 766 g/mol. The number of methoxy groups -OCH3 is 5. The molecule has 0 amide bonds. The minimum absolute atomic E-state index is 0.0589. The van der Waals surface area contributed by atoms with Crippen molar-refractivity contribution in [1.82, 2.24) is 0 Å². The molecule has 0 unspecified atom stereocenters. The van der Waals surface area contributed by atoms with Crippen molar-refractivity contribution in [3.05, 3.63) is 36.0 Å². The van der Waals surface area contributed by atoms with Crippen molar-refractivity contribution in [2.75, 3.05) is 42.2 Å². The summed E-state index contributed by atoms with van der Waals surface area (Å²) in [6, 6.07) is 0. The minimum atomic E-state index is -0.939. The first kappa shape index (κ1) is 45.0. The van der Waals surface area contributed by atoms with Gasteiger partial charge in [-0.15, -0.1) is 0 Å². The predicted octanol–water partition coefficient (Wildman–Crippen LogP) is 5.12. The molecular weight excluding hydrogens is 696 g/mol. The zero-order valence-electron chi connectivity index (χ0n) is 34.4. The van der Waals surface area contributed by atoms with Gasteiger partial charge in [0.2, 0.25) is 0 Å². The Labute approximate surface area is 323 Å². The number of carbonyl (C=O) groups excluding carboxylic acids is 1. The Bertz CT molecular complexity index is 1230. The molecule has 310 valence electrons. The fraction of sp³-hybridized carbons (Fsp3) is 0.833. The fourth-order valence-corrected chi connectivity index (χ4v) is 8.87. The average molecular weight is 767 g/mol. The third-order valence-electron chi connectivity index (χ3n) is 12.4. The molecule has 0 aromatic heterocycles. The summed E-state index contributed by atoms with van der Waals surface area (Å²) in [5, 5.41) is 23.0. The lowest BCUT2D eigenvalue weighted by Crippen LogP contribution is -2.50. The molecule has 4 heterocycles. The number of fused-ring (bicyclic) bond motifs is 2. The maximum atomic E-state index is 13.6. The van der Waals surface area contributed by atoms with E-state index in [0.717, 1.165) is 32.1 Å². The van der Waals surface area contributed by atoms with E-state index in [2.05, 4.69) is 13.0 Å². The highest BCUT2D eigenvalue weighted by Gasteiger charge is 2.59. The molecule has 0 aromatic carbocycles. The van der Waals surface area contributed by atoms with E-state index in [1.165, 1.54) is 6.08 Å². The van der Waals surface area contributed by atoms with Crippen molar-refractivity contribution in [3.8, 4) is 0 Å². The molecule has 4 rings (SSSR count). The maximum absolute atomic E-state index is 13.6. The quantitative estimate of drug-likeness (QED) is 0.164. The van der Waals surface area contributed by atoms with Crippen LogP contribution in [0.25, 0.3) is 0 Å². The Kier molecular flexibility index (Phi) is 17.6. The van der Waals surface area contributed by atoms with Gasteiger partial charge in [-0.25, -0.2) is 4.79 Å². The maximum Gasteiger partial charge on any atom is 0.331 e. The van der Waals surface area contributed by atoms with Gasteiger partial charge in [0, 0.05) is 72.7 Å². The second-order valence-corrected chi connectivity index (χ2v) is 16.2. The number of ether oxygens (including phenoxy) is 9. The number of aliphatic hydroxyl groups is 2. The van der Waals surface area contributed by atoms with Gasteiger partial charge in [-0.2, -0.15) is 0 Å². The zero-order valence-corrected chi connectivity index (χ0v) is 34.4. The SMILES string of the molecule is CO[C@H]1C[C@H](CC[C@H](C)[C@H](O)[C@H](C)[C@H]2OC(=O)C=C/C(C)=C/[C@@H](O)[C@H](OC)C[C@@H]3C=CC[C@@H](C[C@@H](OC)[C@@]4(CO4)[C@@H](OC)C[C@@H](OC)[C@@H]2C)O3)O[C@@H](C)C1. The molecule has 1 spiro atoms. The number of carbonyl (C=O) groups is 1. The lowest BCUT2D eigenvalue weighted by atomic mass is 9.78. The summed E-state index contributed by atoms with van der Waals surface area (Å²) in [5.74, 6) is -1.44. The van der Waals surface area contributed by atoms with E-state index in [0.29, 0.717) is 31.4 Å². The number of hydrogen-bond donors (Lipinski definition) is 2. The first-order valence-corrected chi connectivity index (χ1v) is 20.0. The van der Waals surface area contributed by atoms with Crippen molar-refractivity contribution in [2.24, 2.45) is 17.8 Å². The van der Waals surface area contributed by atoms with Crippen LogP contribution in [0.5, 0.6) is 0 Å². The van der Waals surface area contributed by atoms with E-state index < -0.39 is 54.1 Å². The lowest BCUT2D eigenvalue weighted by molar-refractivity contribution is -0.159. The molecule has 4 aliphatic rings. The third-order valence-corrected chi connectivity index (χ3v) is 12.4. The van der Waals surface area contributed by atoms with E-state index in [1.807, 2.05) is 33.8 Å². The van der Waals surface area contributed by atoms with Crippen LogP contribution in [0.15, 0.2) is 36.0 Å². The van der Waals surface area contributed by atoms with Gasteiger partial charge in [0.25, 0.3) is 0 Å². The molecule has 2 fully saturated rings. The Morgan fingerprint density at radius 1 is 0.889 bits per heavy atom. The minimum Gasteiger partial charge on any atom is -0.458 e. The van der Waals surface area contributed by atoms with Gasteiger partial charge >= 0.3 is 5.97 Å². The van der Waals surface area contributed by atoms with Crippen LogP contribution in [-0.4, -0.2) is 137 Å². The first-order valence-electron chi connectivity index (χ1n) is 20.0. The van der Waals surface area contributed by atoms with Gasteiger partial charge in [0.1, 0.15) is 11.7 Å². The van der Waals surface area contributed by atoms with E-state index in [1.54, 1.807) is 47.7 Å². The molecule has 12 nitrogen and oxygen atoms in total. The van der Waals surface area contributed by atoms with Crippen LogP contribution in [0.2, 0.25) is 0 Å². The van der Waals surface area contributed by atoms with Crippen LogP contribution in [0, 0.1) is 17.8 Å². The summed E-state index contributed by atoms with van der Waals surface area (Å²) in [5.41, 5.74) is -0.0470. The van der Waals surface area contributed by atoms with Crippen molar-refractivity contribution in [1.29, 1.82) is 0 Å². The molecule has 4 aliphatic heterocycles. The third kappa shape index (κ3) is 11.9. The van der Waals surface area contributed by atoms with Crippen molar-refractivity contribution in [3.63, 3.8) is 0 Å². The zero-order chi connectivity index (χ0) is 39.6. The number of aliphatic hydroxyl groups excluding tert-OH is 2. The summed E-state index contributed by atoms with van der Waals surface area (Å²) in [6.07, 6.45) is 10.0. The highest BCUT2D eigenvalue weighted by Crippen LogP contribution is 2.43. The van der Waals surface area contributed by atoms with Gasteiger partial charge in [-0.05, 0) is 51.9 Å². The summed E-state index contributed by atoms with van der Waals surface area (Å²) in [6.45, 7) is 10.3. The van der Waals surface area contributed by atoms with Crippen LogP contribution < -0.4 is 0 Å². The molecule has 2 saturated heterocycles. The van der Waals surface area contributed by atoms with Crippen LogP contribution in [0.1, 0.15) is 86.0 Å². The van der Waals surface area contributed by atoms with Gasteiger partial charge in [-0.1, -0.05) is 50.6 Å². The van der Waals surface area contributed by atoms with E-state index in [9.17, 15) is 15.0 Å². The van der Waals surface area contributed by atoms with Crippen LogP contribution >= 0.6 is 0 Å². The Hall–Kier alpha value is -1.71. The molecule has 2 bridgehead atoms. The fourth-order valence-electron chi connectivity index (χ4n) is 8.87. The number of cyclic esters (lactones) is 1. The molecule has 54 heavy (non-hydrogen) atoms. The second-order valence-electron chi connectivity index (χ2n) is 16.2. The molecule has 12 heteroatoms. The van der Waals surface area contributed by atoms with Gasteiger partial charge in [0.05, 0.1) is 73.8 Å². The largest absolute Gasteiger partial charge is 0.458 e. The Morgan fingerprint density at radius 2 is 1.57 bits per heavy atom. The topological polar surface area (TPSA) is 144 Å². The normalized spacial score (nSPS) is 41.3. The number of rotatable bonds is 11. The number of allylic oxidation sites excluding steroid dienone is 2. The molecule has 16 atom stereocenters. The second kappa shape index (κ2) is 21.2. The summed E-state index contributed by atoms with van der Waals surface area (Å²) in [4.78, 5) is 13.6. The van der Waals surface area contributed by atoms with Crippen molar-refractivity contribution >= 4 is 5.97 Å². The molecule has 0 saturated carbocycles. The summed E-state index contributed by atoms with van der Waals surface area (Å²) >= 11 is 0. The van der Waals surface area contributed by atoms with E-state index in [4.69, 9.17) is 42.6 Å². The van der Waals surface area contributed by atoms with Gasteiger partial charge < -0.3 is 52.8 Å². The standard InChI is InChI=1S/C42H70O12/c1-25-14-17-39(44)54-41(29(5)40(45)26(2)15-16-32-20-33(46-6)19-27(3)52-32)28(4)35(47-7)23-38(50-10)42(24-51-42)37(49-9)22-31-13-11-12-30(53-31)21-36(48-8)34(43)18-25/h11-12,14,17-18,26-38,40-41,43,45H,13,15-16,19-24H2,1-10H3/b17-14?,25-18+/t26-,27-,28-,29-,30-,31-,32-,33+,34+,35+,36+,37+,38-,40-,41-,42-/m0/s1. The molecule has 2 N–H and O–H groups in total. The number of hydrogen-bond acceptors (Lipinski definition) is 12.